The number of benzene rings is 1. The van der Waals surface area contributed by atoms with Gasteiger partial charge in [-0.15, -0.1) is 0 Å². The number of carbonyl (C=O) groups excluding carboxylic acids is 1. The average molecular weight is 290 g/mol. The number of hydrogen-bond donors (Lipinski definition) is 1. The fourth-order valence-electron chi connectivity index (χ4n) is 2.56. The highest BCUT2D eigenvalue weighted by molar-refractivity contribution is 5.76. The molecule has 4 heteroatoms. The third-order valence-electron chi connectivity index (χ3n) is 3.59. The number of nitrogens with one attached hydrogen (secondary N) is 1. The van der Waals surface area contributed by atoms with E-state index in [0.717, 1.165) is 26.2 Å². The maximum Gasteiger partial charge on any atom is 0.220 e. The van der Waals surface area contributed by atoms with Crippen LogP contribution in [0.1, 0.15) is 25.8 Å². The standard InChI is InChI=1S/C17H26N2O2/c1-14(2)10-17(20)18-11-16-13-19(8-9-21-16)12-15-6-4-3-5-7-15/h3-7,14,16H,8-13H2,1-2H3,(H,18,20). The van der Waals surface area contributed by atoms with Crippen LogP contribution in [0.4, 0.5) is 0 Å². The number of nitrogens with zero attached hydrogens (tertiary/aromatic N) is 1. The SMILES string of the molecule is CC(C)CC(=O)NCC1CN(Cc2ccccc2)CCO1. The van der Waals surface area contributed by atoms with Crippen LogP contribution in [0.25, 0.3) is 0 Å². The van der Waals surface area contributed by atoms with Gasteiger partial charge >= 0.3 is 0 Å². The molecule has 2 rings (SSSR count). The van der Waals surface area contributed by atoms with Gasteiger partial charge in [-0.2, -0.15) is 0 Å². The number of morpholine rings is 1. The van der Waals surface area contributed by atoms with Crippen LogP contribution in [0.5, 0.6) is 0 Å². The summed E-state index contributed by atoms with van der Waals surface area (Å²) in [6.07, 6.45) is 0.680. The summed E-state index contributed by atoms with van der Waals surface area (Å²) in [5.74, 6) is 0.514. The Balaban J connectivity index is 1.74. The van der Waals surface area contributed by atoms with Crippen molar-refractivity contribution in [1.29, 1.82) is 0 Å². The Labute approximate surface area is 127 Å². The van der Waals surface area contributed by atoms with Crippen molar-refractivity contribution in [2.24, 2.45) is 5.92 Å². The molecule has 1 fully saturated rings. The summed E-state index contributed by atoms with van der Waals surface area (Å²) in [5, 5.41) is 2.98. The lowest BCUT2D eigenvalue weighted by atomic mass is 10.1. The minimum atomic E-state index is 0.0959. The Morgan fingerprint density at radius 1 is 1.38 bits per heavy atom. The maximum atomic E-state index is 11.7. The highest BCUT2D eigenvalue weighted by atomic mass is 16.5. The Bertz CT molecular complexity index is 434. The van der Waals surface area contributed by atoms with E-state index in [1.165, 1.54) is 5.56 Å². The zero-order chi connectivity index (χ0) is 15.1. The molecule has 0 radical (unpaired) electrons. The molecular formula is C17H26N2O2. The van der Waals surface area contributed by atoms with Gasteiger partial charge in [0, 0.05) is 32.6 Å². The summed E-state index contributed by atoms with van der Waals surface area (Å²) < 4.78 is 5.74. The van der Waals surface area contributed by atoms with Crippen LogP contribution in [0.15, 0.2) is 30.3 Å². The summed E-state index contributed by atoms with van der Waals surface area (Å²) in [6, 6.07) is 10.5. The molecule has 116 valence electrons. The van der Waals surface area contributed by atoms with Crippen molar-refractivity contribution in [3.63, 3.8) is 0 Å². The number of ether oxygens (including phenoxy) is 1. The van der Waals surface area contributed by atoms with Crippen molar-refractivity contribution in [2.45, 2.75) is 32.9 Å². The summed E-state index contributed by atoms with van der Waals surface area (Å²) in [7, 11) is 0. The quantitative estimate of drug-likeness (QED) is 0.872. The fourth-order valence-corrected chi connectivity index (χ4v) is 2.56. The van der Waals surface area contributed by atoms with Crippen LogP contribution in [-0.2, 0) is 16.1 Å². The number of amides is 1. The molecule has 21 heavy (non-hydrogen) atoms. The zero-order valence-corrected chi connectivity index (χ0v) is 13.0. The molecule has 1 aromatic carbocycles. The molecule has 0 saturated carbocycles. The molecule has 1 aromatic rings. The first kappa shape index (κ1) is 16.0. The first-order valence-corrected chi connectivity index (χ1v) is 7.78. The topological polar surface area (TPSA) is 41.6 Å². The molecule has 4 nitrogen and oxygen atoms in total. The van der Waals surface area contributed by atoms with E-state index >= 15 is 0 Å². The van der Waals surface area contributed by atoms with E-state index in [9.17, 15) is 4.79 Å². The van der Waals surface area contributed by atoms with E-state index in [1.807, 2.05) is 6.07 Å². The second kappa shape index (κ2) is 8.15. The van der Waals surface area contributed by atoms with E-state index in [2.05, 4.69) is 48.3 Å². The van der Waals surface area contributed by atoms with Crippen molar-refractivity contribution < 1.29 is 9.53 Å². The first-order chi connectivity index (χ1) is 10.1. The van der Waals surface area contributed by atoms with Crippen molar-refractivity contribution in [1.82, 2.24) is 10.2 Å². The Morgan fingerprint density at radius 2 is 2.14 bits per heavy atom. The number of hydrogen-bond acceptors (Lipinski definition) is 3. The zero-order valence-electron chi connectivity index (χ0n) is 13.0. The highest BCUT2D eigenvalue weighted by Crippen LogP contribution is 2.10. The van der Waals surface area contributed by atoms with E-state index < -0.39 is 0 Å². The summed E-state index contributed by atoms with van der Waals surface area (Å²) >= 11 is 0. The molecule has 1 amide bonds. The van der Waals surface area contributed by atoms with E-state index in [0.29, 0.717) is 18.9 Å². The molecule has 1 saturated heterocycles. The minimum Gasteiger partial charge on any atom is -0.374 e. The lowest BCUT2D eigenvalue weighted by Crippen LogP contribution is -2.47. The molecule has 0 spiro atoms. The Hall–Kier alpha value is -1.39. The maximum absolute atomic E-state index is 11.7. The smallest absolute Gasteiger partial charge is 0.220 e. The molecule has 1 N–H and O–H groups in total. The van der Waals surface area contributed by atoms with Crippen LogP contribution in [0.2, 0.25) is 0 Å². The molecule has 1 heterocycles. The largest absolute Gasteiger partial charge is 0.374 e. The third-order valence-corrected chi connectivity index (χ3v) is 3.59. The van der Waals surface area contributed by atoms with Crippen molar-refractivity contribution in [3.8, 4) is 0 Å². The molecule has 1 aliphatic heterocycles. The molecule has 0 aromatic heterocycles. The molecule has 1 unspecified atom stereocenters. The third kappa shape index (κ3) is 5.86. The lowest BCUT2D eigenvalue weighted by Gasteiger charge is -2.33. The van der Waals surface area contributed by atoms with Crippen LogP contribution in [0, 0.1) is 5.92 Å². The van der Waals surface area contributed by atoms with E-state index in [4.69, 9.17) is 4.74 Å². The van der Waals surface area contributed by atoms with Gasteiger partial charge in [-0.05, 0) is 11.5 Å². The second-order valence-electron chi connectivity index (χ2n) is 6.12. The predicted molar refractivity (Wildman–Crippen MR) is 83.9 cm³/mol. The summed E-state index contributed by atoms with van der Waals surface area (Å²) in [5.41, 5.74) is 1.32. The second-order valence-corrected chi connectivity index (χ2v) is 6.12. The summed E-state index contributed by atoms with van der Waals surface area (Å²) in [4.78, 5) is 14.1. The molecule has 1 atom stereocenters. The van der Waals surface area contributed by atoms with Gasteiger partial charge in [-0.1, -0.05) is 44.2 Å². The van der Waals surface area contributed by atoms with Crippen molar-refractivity contribution in [2.75, 3.05) is 26.2 Å². The van der Waals surface area contributed by atoms with Gasteiger partial charge in [0.05, 0.1) is 12.7 Å². The van der Waals surface area contributed by atoms with Crippen LogP contribution >= 0.6 is 0 Å². The van der Waals surface area contributed by atoms with E-state index in [1.54, 1.807) is 0 Å². The van der Waals surface area contributed by atoms with Gasteiger partial charge in [0.15, 0.2) is 0 Å². The lowest BCUT2D eigenvalue weighted by molar-refractivity contribution is -0.123. The molecule has 0 aliphatic carbocycles. The Kier molecular flexibility index (Phi) is 6.21. The average Bonchev–Trinajstić information content (AvgIpc) is 2.46. The van der Waals surface area contributed by atoms with Gasteiger partial charge in [-0.3, -0.25) is 9.69 Å². The normalized spacial score (nSPS) is 19.7. The van der Waals surface area contributed by atoms with Gasteiger partial charge in [0.2, 0.25) is 5.91 Å². The van der Waals surface area contributed by atoms with Crippen LogP contribution in [-0.4, -0.2) is 43.2 Å². The van der Waals surface area contributed by atoms with Crippen molar-refractivity contribution >= 4 is 5.91 Å². The van der Waals surface area contributed by atoms with E-state index in [-0.39, 0.29) is 12.0 Å². The number of rotatable bonds is 6. The monoisotopic (exact) mass is 290 g/mol. The van der Waals surface area contributed by atoms with Gasteiger partial charge in [0.1, 0.15) is 0 Å². The van der Waals surface area contributed by atoms with Crippen molar-refractivity contribution in [3.05, 3.63) is 35.9 Å². The van der Waals surface area contributed by atoms with Crippen LogP contribution in [0.3, 0.4) is 0 Å². The fraction of sp³-hybridized carbons (Fsp3) is 0.588. The van der Waals surface area contributed by atoms with Gasteiger partial charge in [0.25, 0.3) is 0 Å². The number of carbonyl (C=O) groups is 1. The molecule has 0 bridgehead atoms. The predicted octanol–water partition coefficient (Wildman–Crippen LogP) is 2.05. The van der Waals surface area contributed by atoms with Gasteiger partial charge < -0.3 is 10.1 Å². The summed E-state index contributed by atoms with van der Waals surface area (Å²) in [6.45, 7) is 8.22. The first-order valence-electron chi connectivity index (χ1n) is 7.78. The van der Waals surface area contributed by atoms with Gasteiger partial charge in [-0.25, -0.2) is 0 Å². The van der Waals surface area contributed by atoms with Crippen LogP contribution < -0.4 is 5.32 Å². The molecule has 1 aliphatic rings. The highest BCUT2D eigenvalue weighted by Gasteiger charge is 2.21. The minimum absolute atomic E-state index is 0.0959. The molecular weight excluding hydrogens is 264 g/mol. The Morgan fingerprint density at radius 3 is 2.86 bits per heavy atom.